The molecule has 0 radical (unpaired) electrons. The van der Waals surface area contributed by atoms with Gasteiger partial charge in [-0.2, -0.15) is 0 Å². The zero-order chi connectivity index (χ0) is 14.3. The molecule has 1 heteroatoms. The Kier molecular flexibility index (Phi) is 4.13. The van der Waals surface area contributed by atoms with Gasteiger partial charge in [-0.05, 0) is 29.3 Å². The molecule has 0 saturated carbocycles. The molecule has 0 unspecified atom stereocenters. The van der Waals surface area contributed by atoms with Crippen molar-refractivity contribution in [2.24, 2.45) is 0 Å². The largest absolute Gasteiger partial charge is 0.355 e. The number of hydrogen-bond donors (Lipinski definition) is 1. The van der Waals surface area contributed by atoms with Gasteiger partial charge in [0.25, 0.3) is 0 Å². The minimum absolute atomic E-state index is 1.09. The quantitative estimate of drug-likeness (QED) is 0.635. The van der Waals surface area contributed by atoms with Crippen molar-refractivity contribution in [2.75, 3.05) is 5.32 Å². The number of nitrogens with one attached hydrogen (secondary N) is 1. The first kappa shape index (κ1) is 13.2. The van der Waals surface area contributed by atoms with Crippen LogP contribution >= 0.6 is 0 Å². The van der Waals surface area contributed by atoms with Gasteiger partial charge < -0.3 is 5.32 Å². The zero-order valence-corrected chi connectivity index (χ0v) is 11.7. The van der Waals surface area contributed by atoms with Crippen LogP contribution < -0.4 is 5.32 Å². The lowest BCUT2D eigenvalue weighted by molar-refractivity contribution is 1.53. The summed E-state index contributed by atoms with van der Waals surface area (Å²) >= 11 is 0. The molecule has 0 heterocycles. The SMILES string of the molecule is C(=C(/Nc1ccccc1)c1ccccc1)/c1ccccc1. The van der Waals surface area contributed by atoms with Gasteiger partial charge in [-0.1, -0.05) is 78.9 Å². The van der Waals surface area contributed by atoms with Crippen LogP contribution in [-0.4, -0.2) is 0 Å². The summed E-state index contributed by atoms with van der Waals surface area (Å²) in [5.74, 6) is 0. The predicted molar refractivity (Wildman–Crippen MR) is 90.8 cm³/mol. The second kappa shape index (κ2) is 6.58. The van der Waals surface area contributed by atoms with Crippen molar-refractivity contribution >= 4 is 17.5 Å². The van der Waals surface area contributed by atoms with Gasteiger partial charge in [0.15, 0.2) is 0 Å². The minimum atomic E-state index is 1.09. The van der Waals surface area contributed by atoms with Gasteiger partial charge >= 0.3 is 0 Å². The van der Waals surface area contributed by atoms with Crippen molar-refractivity contribution in [3.63, 3.8) is 0 Å². The summed E-state index contributed by atoms with van der Waals surface area (Å²) in [5, 5.41) is 3.50. The molecule has 0 amide bonds. The van der Waals surface area contributed by atoms with Gasteiger partial charge in [0, 0.05) is 11.4 Å². The average Bonchev–Trinajstić information content (AvgIpc) is 2.57. The standard InChI is InChI=1S/C20H17N/c1-4-10-17(11-5-1)16-20(18-12-6-2-7-13-18)21-19-14-8-3-9-15-19/h1-16,21H/b20-16-. The fourth-order valence-electron chi connectivity index (χ4n) is 2.20. The fraction of sp³-hybridized carbons (Fsp3) is 0. The Hall–Kier alpha value is -2.80. The van der Waals surface area contributed by atoms with Gasteiger partial charge in [-0.25, -0.2) is 0 Å². The van der Waals surface area contributed by atoms with E-state index < -0.39 is 0 Å². The molecule has 0 spiro atoms. The third kappa shape index (κ3) is 3.61. The normalized spacial score (nSPS) is 11.1. The van der Waals surface area contributed by atoms with Crippen molar-refractivity contribution < 1.29 is 0 Å². The van der Waals surface area contributed by atoms with E-state index in [1.807, 2.05) is 30.3 Å². The molecule has 0 saturated heterocycles. The Bertz CT molecular complexity index is 701. The maximum Gasteiger partial charge on any atom is 0.0463 e. The third-order valence-corrected chi connectivity index (χ3v) is 3.25. The molecule has 3 aromatic rings. The summed E-state index contributed by atoms with van der Waals surface area (Å²) in [5.41, 5.74) is 4.53. The summed E-state index contributed by atoms with van der Waals surface area (Å²) in [7, 11) is 0. The van der Waals surface area contributed by atoms with E-state index in [0.29, 0.717) is 0 Å². The Labute approximate surface area is 125 Å². The van der Waals surface area contributed by atoms with Gasteiger partial charge in [0.05, 0.1) is 0 Å². The van der Waals surface area contributed by atoms with Crippen LogP contribution in [0.4, 0.5) is 5.69 Å². The van der Waals surface area contributed by atoms with Crippen LogP contribution in [0, 0.1) is 0 Å². The van der Waals surface area contributed by atoms with Crippen LogP contribution in [0.2, 0.25) is 0 Å². The summed E-state index contributed by atoms with van der Waals surface area (Å²) in [4.78, 5) is 0. The second-order valence-corrected chi connectivity index (χ2v) is 4.83. The number of anilines is 1. The van der Waals surface area contributed by atoms with Crippen LogP contribution in [0.5, 0.6) is 0 Å². The summed E-state index contributed by atoms with van der Waals surface area (Å²) in [6, 6.07) is 31.0. The maximum absolute atomic E-state index is 3.50. The zero-order valence-electron chi connectivity index (χ0n) is 11.7. The number of para-hydroxylation sites is 1. The molecule has 21 heavy (non-hydrogen) atoms. The molecular formula is C20H17N. The molecule has 102 valence electrons. The van der Waals surface area contributed by atoms with Crippen LogP contribution in [0.15, 0.2) is 91.0 Å². The molecule has 1 N–H and O–H groups in total. The number of benzene rings is 3. The van der Waals surface area contributed by atoms with E-state index >= 15 is 0 Å². The lowest BCUT2D eigenvalue weighted by Crippen LogP contribution is -1.98. The molecule has 0 bridgehead atoms. The predicted octanol–water partition coefficient (Wildman–Crippen LogP) is 5.30. The number of rotatable bonds is 4. The van der Waals surface area contributed by atoms with Gasteiger partial charge in [0.1, 0.15) is 0 Å². The summed E-state index contributed by atoms with van der Waals surface area (Å²) in [6.45, 7) is 0. The van der Waals surface area contributed by atoms with Crippen LogP contribution in [-0.2, 0) is 0 Å². The summed E-state index contributed by atoms with van der Waals surface area (Å²) < 4.78 is 0. The first-order valence-electron chi connectivity index (χ1n) is 7.06. The van der Waals surface area contributed by atoms with Gasteiger partial charge in [-0.3, -0.25) is 0 Å². The second-order valence-electron chi connectivity index (χ2n) is 4.83. The first-order valence-corrected chi connectivity index (χ1v) is 7.06. The minimum Gasteiger partial charge on any atom is -0.355 e. The monoisotopic (exact) mass is 271 g/mol. The topological polar surface area (TPSA) is 12.0 Å². The van der Waals surface area contributed by atoms with Gasteiger partial charge in [-0.15, -0.1) is 0 Å². The molecule has 0 aliphatic carbocycles. The highest BCUT2D eigenvalue weighted by molar-refractivity contribution is 5.88. The third-order valence-electron chi connectivity index (χ3n) is 3.25. The maximum atomic E-state index is 3.50. The molecule has 0 aliphatic heterocycles. The number of hydrogen-bond acceptors (Lipinski definition) is 1. The van der Waals surface area contributed by atoms with Crippen molar-refractivity contribution in [1.29, 1.82) is 0 Å². The van der Waals surface area contributed by atoms with E-state index in [1.165, 1.54) is 11.1 Å². The highest BCUT2D eigenvalue weighted by atomic mass is 14.9. The Balaban J connectivity index is 1.97. The van der Waals surface area contributed by atoms with Crippen LogP contribution in [0.1, 0.15) is 11.1 Å². The van der Waals surface area contributed by atoms with E-state index in [0.717, 1.165) is 11.4 Å². The molecule has 0 atom stereocenters. The van der Waals surface area contributed by atoms with E-state index in [4.69, 9.17) is 0 Å². The van der Waals surface area contributed by atoms with Crippen molar-refractivity contribution in [1.82, 2.24) is 0 Å². The van der Waals surface area contributed by atoms with Crippen molar-refractivity contribution in [3.05, 3.63) is 102 Å². The highest BCUT2D eigenvalue weighted by Crippen LogP contribution is 2.21. The van der Waals surface area contributed by atoms with E-state index in [2.05, 4.69) is 72.1 Å². The molecule has 0 aliphatic rings. The molecule has 3 rings (SSSR count). The molecule has 0 aromatic heterocycles. The first-order chi connectivity index (χ1) is 10.4. The summed E-state index contributed by atoms with van der Waals surface area (Å²) in [6.07, 6.45) is 2.17. The van der Waals surface area contributed by atoms with Crippen molar-refractivity contribution in [2.45, 2.75) is 0 Å². The van der Waals surface area contributed by atoms with E-state index in [1.54, 1.807) is 0 Å². The fourth-order valence-corrected chi connectivity index (χ4v) is 2.20. The lowest BCUT2D eigenvalue weighted by atomic mass is 10.1. The Morgan fingerprint density at radius 1 is 0.619 bits per heavy atom. The molecule has 1 nitrogen and oxygen atoms in total. The highest BCUT2D eigenvalue weighted by Gasteiger charge is 2.02. The average molecular weight is 271 g/mol. The van der Waals surface area contributed by atoms with E-state index in [-0.39, 0.29) is 0 Å². The van der Waals surface area contributed by atoms with Gasteiger partial charge in [0.2, 0.25) is 0 Å². The van der Waals surface area contributed by atoms with Crippen LogP contribution in [0.3, 0.4) is 0 Å². The van der Waals surface area contributed by atoms with Crippen LogP contribution in [0.25, 0.3) is 11.8 Å². The Morgan fingerprint density at radius 2 is 1.14 bits per heavy atom. The lowest BCUT2D eigenvalue weighted by Gasteiger charge is -2.12. The van der Waals surface area contributed by atoms with Crippen molar-refractivity contribution in [3.8, 4) is 0 Å². The molecule has 3 aromatic carbocycles. The Morgan fingerprint density at radius 3 is 1.76 bits per heavy atom. The van der Waals surface area contributed by atoms with E-state index in [9.17, 15) is 0 Å². The molecular weight excluding hydrogens is 254 g/mol. The smallest absolute Gasteiger partial charge is 0.0463 e. The molecule has 0 fully saturated rings.